The van der Waals surface area contributed by atoms with Crippen molar-refractivity contribution in [3.05, 3.63) is 35.2 Å². The van der Waals surface area contributed by atoms with Gasteiger partial charge in [-0.15, -0.1) is 0 Å². The maximum Gasteiger partial charge on any atom is 0.0663 e. The largest absolute Gasteiger partial charge is 0.545 e. The highest BCUT2D eigenvalue weighted by molar-refractivity contribution is 5.87. The fourth-order valence-corrected chi connectivity index (χ4v) is 2.56. The van der Waals surface area contributed by atoms with Gasteiger partial charge in [-0.25, -0.2) is 0 Å². The lowest BCUT2D eigenvalue weighted by molar-refractivity contribution is -0.297. The Hall–Kier alpha value is -1.64. The molecule has 0 saturated carbocycles. The zero-order valence-electron chi connectivity index (χ0n) is 11.1. The standard InChI is InChI=1S/C15H19NO2/c1-9-4-5-10(2)15-12(9)6-7-13(16-15)11(3)8-14(17)18/h6-10H,4-5H2,1-3H3,(H,17,18)/p-1/b11-8+. The molecule has 96 valence electrons. The van der Waals surface area contributed by atoms with Gasteiger partial charge >= 0.3 is 0 Å². The summed E-state index contributed by atoms with van der Waals surface area (Å²) in [6.07, 6.45) is 3.45. The Kier molecular flexibility index (Phi) is 3.50. The van der Waals surface area contributed by atoms with Crippen LogP contribution >= 0.6 is 0 Å². The van der Waals surface area contributed by atoms with Gasteiger partial charge in [0.05, 0.1) is 11.7 Å². The van der Waals surface area contributed by atoms with Crippen molar-refractivity contribution < 1.29 is 9.90 Å². The number of carboxylic acids is 1. The SMILES string of the molecule is C/C(=C\C(=O)[O-])c1ccc2c(n1)C(C)CCC2C. The number of carbonyl (C=O) groups is 1. The van der Waals surface area contributed by atoms with Gasteiger partial charge in [0.1, 0.15) is 0 Å². The van der Waals surface area contributed by atoms with Crippen LogP contribution in [0.15, 0.2) is 18.2 Å². The van der Waals surface area contributed by atoms with E-state index in [-0.39, 0.29) is 0 Å². The summed E-state index contributed by atoms with van der Waals surface area (Å²) >= 11 is 0. The second-order valence-corrected chi connectivity index (χ2v) is 5.20. The molecule has 0 fully saturated rings. The molecule has 2 rings (SSSR count). The highest BCUT2D eigenvalue weighted by Crippen LogP contribution is 2.37. The van der Waals surface area contributed by atoms with E-state index in [2.05, 4.69) is 24.9 Å². The quantitative estimate of drug-likeness (QED) is 0.750. The van der Waals surface area contributed by atoms with Crippen molar-refractivity contribution in [2.75, 3.05) is 0 Å². The second kappa shape index (κ2) is 4.92. The molecule has 0 aliphatic heterocycles. The number of hydrogen-bond acceptors (Lipinski definition) is 3. The predicted octanol–water partition coefficient (Wildman–Crippen LogP) is 2.24. The van der Waals surface area contributed by atoms with Gasteiger partial charge in [-0.05, 0) is 54.9 Å². The highest BCUT2D eigenvalue weighted by atomic mass is 16.4. The summed E-state index contributed by atoms with van der Waals surface area (Å²) < 4.78 is 0. The number of nitrogens with zero attached hydrogens (tertiary/aromatic N) is 1. The highest BCUT2D eigenvalue weighted by Gasteiger charge is 2.23. The topological polar surface area (TPSA) is 53.0 Å². The number of aliphatic carboxylic acids is 1. The molecule has 1 aromatic heterocycles. The molecule has 0 spiro atoms. The van der Waals surface area contributed by atoms with Crippen LogP contribution < -0.4 is 5.11 Å². The molecule has 3 heteroatoms. The van der Waals surface area contributed by atoms with E-state index < -0.39 is 5.97 Å². The first-order chi connectivity index (χ1) is 8.49. The zero-order valence-corrected chi connectivity index (χ0v) is 11.1. The molecule has 0 amide bonds. The van der Waals surface area contributed by atoms with Gasteiger partial charge in [0, 0.05) is 5.69 Å². The monoisotopic (exact) mass is 244 g/mol. The molecule has 2 atom stereocenters. The van der Waals surface area contributed by atoms with Crippen molar-refractivity contribution >= 4 is 11.5 Å². The van der Waals surface area contributed by atoms with E-state index in [1.807, 2.05) is 6.07 Å². The lowest BCUT2D eigenvalue weighted by Crippen LogP contribution is -2.19. The minimum atomic E-state index is -1.17. The number of rotatable bonds is 2. The van der Waals surface area contributed by atoms with Crippen LogP contribution in [0.5, 0.6) is 0 Å². The summed E-state index contributed by atoms with van der Waals surface area (Å²) in [5, 5.41) is 10.6. The molecule has 0 aromatic carbocycles. The van der Waals surface area contributed by atoms with Crippen LogP contribution in [0.2, 0.25) is 0 Å². The van der Waals surface area contributed by atoms with Crippen LogP contribution in [0.1, 0.15) is 62.4 Å². The van der Waals surface area contributed by atoms with E-state index in [4.69, 9.17) is 0 Å². The van der Waals surface area contributed by atoms with E-state index in [1.54, 1.807) is 6.92 Å². The van der Waals surface area contributed by atoms with Crippen molar-refractivity contribution in [2.45, 2.75) is 45.4 Å². The Morgan fingerprint density at radius 1 is 1.33 bits per heavy atom. The van der Waals surface area contributed by atoms with E-state index >= 15 is 0 Å². The van der Waals surface area contributed by atoms with Crippen molar-refractivity contribution in [1.29, 1.82) is 0 Å². The number of hydrogen-bond donors (Lipinski definition) is 0. The summed E-state index contributed by atoms with van der Waals surface area (Å²) in [6.45, 7) is 6.15. The van der Waals surface area contributed by atoms with Gasteiger partial charge in [-0.2, -0.15) is 0 Å². The van der Waals surface area contributed by atoms with E-state index in [0.29, 0.717) is 17.4 Å². The fraction of sp³-hybridized carbons (Fsp3) is 0.467. The first-order valence-corrected chi connectivity index (χ1v) is 6.39. The molecule has 2 unspecified atom stereocenters. The number of pyridine rings is 1. The second-order valence-electron chi connectivity index (χ2n) is 5.20. The zero-order chi connectivity index (χ0) is 13.3. The number of carboxylic acid groups (broad SMARTS) is 1. The third kappa shape index (κ3) is 2.45. The Morgan fingerprint density at radius 2 is 2.00 bits per heavy atom. The van der Waals surface area contributed by atoms with Crippen LogP contribution in [0.3, 0.4) is 0 Å². The molecule has 1 aliphatic rings. The molecule has 0 radical (unpaired) electrons. The number of fused-ring (bicyclic) bond motifs is 1. The minimum Gasteiger partial charge on any atom is -0.545 e. The average Bonchev–Trinajstić information content (AvgIpc) is 2.33. The van der Waals surface area contributed by atoms with Crippen LogP contribution in [0, 0.1) is 0 Å². The van der Waals surface area contributed by atoms with E-state index in [9.17, 15) is 9.90 Å². The first-order valence-electron chi connectivity index (χ1n) is 6.39. The fourth-order valence-electron chi connectivity index (χ4n) is 2.56. The van der Waals surface area contributed by atoms with Gasteiger partial charge in [-0.3, -0.25) is 4.98 Å². The molecule has 0 N–H and O–H groups in total. The Bertz CT molecular complexity index is 505. The molecular weight excluding hydrogens is 226 g/mol. The van der Waals surface area contributed by atoms with Gasteiger partial charge < -0.3 is 9.90 Å². The molecule has 3 nitrogen and oxygen atoms in total. The van der Waals surface area contributed by atoms with Crippen LogP contribution in [0.4, 0.5) is 0 Å². The summed E-state index contributed by atoms with van der Waals surface area (Å²) in [7, 11) is 0. The first kappa shape index (κ1) is 12.8. The van der Waals surface area contributed by atoms with Crippen LogP contribution in [-0.2, 0) is 4.79 Å². The van der Waals surface area contributed by atoms with Gasteiger partial charge in [0.25, 0.3) is 0 Å². The smallest absolute Gasteiger partial charge is 0.0663 e. The van der Waals surface area contributed by atoms with Gasteiger partial charge in [0.2, 0.25) is 0 Å². The summed E-state index contributed by atoms with van der Waals surface area (Å²) in [6, 6.07) is 3.99. The Morgan fingerprint density at radius 3 is 2.67 bits per heavy atom. The predicted molar refractivity (Wildman–Crippen MR) is 69.0 cm³/mol. The third-order valence-corrected chi connectivity index (χ3v) is 3.73. The Labute approximate surface area is 108 Å². The summed E-state index contributed by atoms with van der Waals surface area (Å²) in [4.78, 5) is 15.2. The number of aromatic nitrogens is 1. The molecule has 1 heterocycles. The van der Waals surface area contributed by atoms with Crippen molar-refractivity contribution in [2.24, 2.45) is 0 Å². The summed E-state index contributed by atoms with van der Waals surface area (Å²) in [5.41, 5.74) is 3.80. The lowest BCUT2D eigenvalue weighted by Gasteiger charge is -2.27. The maximum absolute atomic E-state index is 10.6. The lowest BCUT2D eigenvalue weighted by atomic mass is 9.81. The average molecular weight is 244 g/mol. The van der Waals surface area contributed by atoms with E-state index in [1.165, 1.54) is 12.0 Å². The van der Waals surface area contributed by atoms with Crippen molar-refractivity contribution in [3.8, 4) is 0 Å². The molecule has 18 heavy (non-hydrogen) atoms. The number of carbonyl (C=O) groups excluding carboxylic acids is 1. The molecule has 1 aromatic rings. The third-order valence-electron chi connectivity index (χ3n) is 3.73. The van der Waals surface area contributed by atoms with Crippen LogP contribution in [0.25, 0.3) is 5.57 Å². The van der Waals surface area contributed by atoms with Gasteiger partial charge in [-0.1, -0.05) is 19.9 Å². The summed E-state index contributed by atoms with van der Waals surface area (Å²) in [5.74, 6) is -0.177. The van der Waals surface area contributed by atoms with Crippen molar-refractivity contribution in [3.63, 3.8) is 0 Å². The molecule has 1 aliphatic carbocycles. The van der Waals surface area contributed by atoms with Crippen molar-refractivity contribution in [1.82, 2.24) is 4.98 Å². The maximum atomic E-state index is 10.6. The van der Waals surface area contributed by atoms with Crippen LogP contribution in [-0.4, -0.2) is 11.0 Å². The molecule has 0 bridgehead atoms. The minimum absolute atomic E-state index is 0.451. The molecular formula is C15H18NO2-. The molecule has 0 saturated heterocycles. The Balaban J connectivity index is 2.43. The van der Waals surface area contributed by atoms with E-state index in [0.717, 1.165) is 23.9 Å². The van der Waals surface area contributed by atoms with Gasteiger partial charge in [0.15, 0.2) is 0 Å². The number of allylic oxidation sites excluding steroid dienone is 1. The normalized spacial score (nSPS) is 23.6.